The molecule has 5 aromatic rings. The van der Waals surface area contributed by atoms with Gasteiger partial charge in [-0.25, -0.2) is 9.97 Å². The van der Waals surface area contributed by atoms with E-state index in [9.17, 15) is 14.7 Å². The summed E-state index contributed by atoms with van der Waals surface area (Å²) in [6.07, 6.45) is 11.8. The molecule has 250 valence electrons. The maximum atomic E-state index is 13.7. The molecule has 0 aromatic carbocycles. The molecule has 0 saturated carbocycles. The van der Waals surface area contributed by atoms with Crippen LogP contribution in [0.1, 0.15) is 30.2 Å². The van der Waals surface area contributed by atoms with Crippen molar-refractivity contribution in [3.63, 3.8) is 0 Å². The Balaban J connectivity index is 0.00000364. The average Bonchev–Trinajstić information content (AvgIpc) is 3.65. The molecule has 0 bridgehead atoms. The number of fused-ring (bicyclic) bond motifs is 3. The summed E-state index contributed by atoms with van der Waals surface area (Å²) in [5.74, 6) is 0.910. The largest absolute Gasteiger partial charge is 0.392 e. The summed E-state index contributed by atoms with van der Waals surface area (Å²) in [4.78, 5) is 41.0. The number of hydrogen-bond donors (Lipinski definition) is 2. The Morgan fingerprint density at radius 1 is 1.04 bits per heavy atom. The first-order valence-electron chi connectivity index (χ1n) is 16.3. The third kappa shape index (κ3) is 5.50. The second-order valence-corrected chi connectivity index (χ2v) is 12.8. The fourth-order valence-corrected chi connectivity index (χ4v) is 7.35. The third-order valence-corrected chi connectivity index (χ3v) is 9.95. The zero-order chi connectivity index (χ0) is 32.2. The molecule has 0 unspecified atom stereocenters. The maximum Gasteiger partial charge on any atom is 0.280 e. The van der Waals surface area contributed by atoms with E-state index in [1.54, 1.807) is 37.8 Å². The van der Waals surface area contributed by atoms with Crippen molar-refractivity contribution in [1.82, 2.24) is 28.4 Å². The van der Waals surface area contributed by atoms with Crippen LogP contribution in [0, 0.1) is 0 Å². The topological polar surface area (TPSA) is 122 Å². The molecule has 0 spiro atoms. The normalized spacial score (nSPS) is 18.1. The highest BCUT2D eigenvalue weighted by Gasteiger charge is 2.32. The van der Waals surface area contributed by atoms with Gasteiger partial charge in [0.15, 0.2) is 0 Å². The van der Waals surface area contributed by atoms with Crippen molar-refractivity contribution in [3.8, 4) is 16.9 Å². The van der Waals surface area contributed by atoms with Crippen LogP contribution in [-0.4, -0.2) is 78.4 Å². The quantitative estimate of drug-likeness (QED) is 0.270. The smallest absolute Gasteiger partial charge is 0.280 e. The van der Waals surface area contributed by atoms with Crippen molar-refractivity contribution in [1.29, 1.82) is 0 Å². The summed E-state index contributed by atoms with van der Waals surface area (Å²) >= 11 is 0. The van der Waals surface area contributed by atoms with Crippen molar-refractivity contribution < 1.29 is 9.84 Å². The minimum Gasteiger partial charge on any atom is -0.392 e. The van der Waals surface area contributed by atoms with Crippen molar-refractivity contribution in [2.45, 2.75) is 44.9 Å². The molecule has 1 aliphatic carbocycles. The van der Waals surface area contributed by atoms with Crippen LogP contribution in [0.15, 0.2) is 70.9 Å². The molecule has 48 heavy (non-hydrogen) atoms. The van der Waals surface area contributed by atoms with Gasteiger partial charge in [-0.3, -0.25) is 19.1 Å². The van der Waals surface area contributed by atoms with E-state index in [1.165, 1.54) is 20.4 Å². The summed E-state index contributed by atoms with van der Waals surface area (Å²) in [6.45, 7) is 6.44. The summed E-state index contributed by atoms with van der Waals surface area (Å²) in [5, 5.41) is 13.8. The van der Waals surface area contributed by atoms with E-state index in [1.807, 2.05) is 35.0 Å². The summed E-state index contributed by atoms with van der Waals surface area (Å²) in [7, 11) is 1.69. The Kier molecular flexibility index (Phi) is 8.62. The Labute approximate surface area is 284 Å². The van der Waals surface area contributed by atoms with Crippen LogP contribution in [0.2, 0.25) is 0 Å². The van der Waals surface area contributed by atoms with Gasteiger partial charge < -0.3 is 29.0 Å². The average molecular weight is 669 g/mol. The summed E-state index contributed by atoms with van der Waals surface area (Å²) in [6, 6.07) is 10.3. The van der Waals surface area contributed by atoms with Crippen LogP contribution in [0.4, 0.5) is 17.2 Å². The van der Waals surface area contributed by atoms with Crippen LogP contribution in [0.25, 0.3) is 22.5 Å². The van der Waals surface area contributed by atoms with E-state index in [-0.39, 0.29) is 31.2 Å². The molecule has 13 heteroatoms. The number of nitrogens with zero attached hydrogens (tertiary/aromatic N) is 7. The molecule has 7 heterocycles. The van der Waals surface area contributed by atoms with E-state index in [0.717, 1.165) is 57.8 Å². The molecule has 5 aromatic heterocycles. The van der Waals surface area contributed by atoms with Gasteiger partial charge in [-0.05, 0) is 67.6 Å². The molecule has 2 N–H and O–H groups in total. The van der Waals surface area contributed by atoms with Gasteiger partial charge in [0.1, 0.15) is 22.8 Å². The number of anilines is 3. The lowest BCUT2D eigenvalue weighted by Crippen LogP contribution is -2.59. The minimum absolute atomic E-state index is 0. The number of nitrogens with one attached hydrogen (secondary N) is 1. The summed E-state index contributed by atoms with van der Waals surface area (Å²) < 4.78 is 10.4. The molecule has 2 saturated heterocycles. The lowest BCUT2D eigenvalue weighted by Gasteiger charge is -2.46. The van der Waals surface area contributed by atoms with Crippen LogP contribution >= 0.6 is 13.5 Å². The number of aryl methyl sites for hydroxylation is 3. The fraction of sp³-hybridized carbons (Fsp3) is 0.371. The zero-order valence-electron chi connectivity index (χ0n) is 27.1. The monoisotopic (exact) mass is 668 g/mol. The van der Waals surface area contributed by atoms with Crippen LogP contribution < -0.4 is 21.3 Å². The first-order valence-corrected chi connectivity index (χ1v) is 16.3. The first-order chi connectivity index (χ1) is 22.9. The van der Waals surface area contributed by atoms with E-state index < -0.39 is 0 Å². The van der Waals surface area contributed by atoms with Gasteiger partial charge in [0.2, 0.25) is 0 Å². The highest BCUT2D eigenvalue weighted by atomic mass is 32.1. The third-order valence-electron chi connectivity index (χ3n) is 9.95. The molecule has 2 aliphatic heterocycles. The van der Waals surface area contributed by atoms with Gasteiger partial charge in [0.25, 0.3) is 11.1 Å². The number of aromatic nitrogens is 5. The van der Waals surface area contributed by atoms with Gasteiger partial charge in [-0.15, -0.1) is 0 Å². The molecule has 2 fully saturated rings. The molecular weight excluding hydrogens is 629 g/mol. The van der Waals surface area contributed by atoms with E-state index in [2.05, 4.69) is 32.0 Å². The van der Waals surface area contributed by atoms with Gasteiger partial charge in [-0.1, -0.05) is 0 Å². The maximum absolute atomic E-state index is 13.7. The van der Waals surface area contributed by atoms with Gasteiger partial charge in [0, 0.05) is 74.3 Å². The number of ether oxygens (including phenoxy) is 1. The molecule has 0 radical (unpaired) electrons. The number of piperazine rings is 1. The predicted octanol–water partition coefficient (Wildman–Crippen LogP) is 2.99. The number of rotatable bonds is 7. The van der Waals surface area contributed by atoms with Crippen LogP contribution in [0.3, 0.4) is 0 Å². The van der Waals surface area contributed by atoms with Crippen LogP contribution in [0.5, 0.6) is 0 Å². The lowest BCUT2D eigenvalue weighted by molar-refractivity contribution is -0.0691. The van der Waals surface area contributed by atoms with Gasteiger partial charge in [-0.2, -0.15) is 13.5 Å². The minimum atomic E-state index is -0.344. The fourth-order valence-electron chi connectivity index (χ4n) is 7.35. The van der Waals surface area contributed by atoms with Crippen LogP contribution in [-0.2, 0) is 31.2 Å². The molecule has 3 aliphatic rings. The second kappa shape index (κ2) is 12.9. The van der Waals surface area contributed by atoms with Crippen molar-refractivity contribution in [2.75, 3.05) is 43.1 Å². The second-order valence-electron chi connectivity index (χ2n) is 12.8. The Morgan fingerprint density at radius 3 is 2.62 bits per heavy atom. The number of hydrogen-bond acceptors (Lipinski definition) is 9. The van der Waals surface area contributed by atoms with E-state index >= 15 is 0 Å². The van der Waals surface area contributed by atoms with Gasteiger partial charge in [0.05, 0.1) is 37.7 Å². The SMILES string of the molecule is C[C@H]1CN(C2COC2)CCN1c1ccc(Nc2cc(-c3ccnc(-n4ccn5c6c(cc5c4=O)CCC6)c3CO)cn(C)c2=O)nc1.S. The summed E-state index contributed by atoms with van der Waals surface area (Å²) in [5.41, 5.74) is 5.84. The van der Waals surface area contributed by atoms with Crippen molar-refractivity contribution in [3.05, 3.63) is 98.8 Å². The lowest BCUT2D eigenvalue weighted by atomic mass is 10.0. The van der Waals surface area contributed by atoms with E-state index in [4.69, 9.17) is 4.74 Å². The Hall–Kier alpha value is -4.43. The molecule has 12 nitrogen and oxygen atoms in total. The Morgan fingerprint density at radius 2 is 1.90 bits per heavy atom. The van der Waals surface area contributed by atoms with Crippen molar-refractivity contribution in [2.24, 2.45) is 7.05 Å². The van der Waals surface area contributed by atoms with Gasteiger partial charge >= 0.3 is 0 Å². The molecule has 8 rings (SSSR count). The van der Waals surface area contributed by atoms with Crippen molar-refractivity contribution >= 4 is 36.2 Å². The number of aliphatic hydroxyl groups is 1. The highest BCUT2D eigenvalue weighted by molar-refractivity contribution is 7.59. The predicted molar refractivity (Wildman–Crippen MR) is 190 cm³/mol. The van der Waals surface area contributed by atoms with E-state index in [0.29, 0.717) is 51.6 Å². The molecular formula is C35H40N8O4S. The standard InChI is InChI=1S/C35H38N8O4.H2S/c1-22-17-40(26-20-47-21-26)10-11-41(22)25-6-7-32(37-16-25)38-29-14-24(18-39(2)34(29)45)27-8-9-36-33(28(27)19-44)43-13-12-42-30-5-3-4-23(30)15-31(42)35(43)46;/h6-9,12-16,18,22,26,44H,3-5,10-11,17,19-21H2,1-2H3,(H,37,38);1H2/t22-;/m0./s1. The molecule has 1 atom stereocenters. The number of aliphatic hydroxyl groups excluding tert-OH is 1. The Bertz CT molecular complexity index is 2100. The highest BCUT2D eigenvalue weighted by Crippen LogP contribution is 2.30. The number of pyridine rings is 3. The molecule has 0 amide bonds. The first kappa shape index (κ1) is 32.1. The zero-order valence-corrected chi connectivity index (χ0v) is 28.1.